The van der Waals surface area contributed by atoms with Crippen molar-refractivity contribution in [2.75, 3.05) is 13.2 Å². The van der Waals surface area contributed by atoms with Crippen LogP contribution in [0, 0.1) is 0 Å². The van der Waals surface area contributed by atoms with E-state index in [0.29, 0.717) is 12.8 Å². The number of aliphatic hydroxyl groups excluding tert-OH is 7. The molecule has 0 aliphatic carbocycles. The Morgan fingerprint density at radius 3 is 1.43 bits per heavy atom. The highest BCUT2D eigenvalue weighted by molar-refractivity contribution is 5.80. The van der Waals surface area contributed by atoms with Gasteiger partial charge < -0.3 is 50.5 Å². The molecule has 1 fully saturated rings. The minimum absolute atomic E-state index is 0.259. The van der Waals surface area contributed by atoms with Crippen LogP contribution >= 0.6 is 0 Å². The van der Waals surface area contributed by atoms with Crippen LogP contribution in [0.5, 0.6) is 0 Å². The standard InChI is InChI=1S/C49H95NO10/c1-3-5-7-9-11-13-14-15-16-17-18-19-20-21-22-23-24-25-26-27-28-29-31-33-35-37-42(53)48(58)50-40(39-59-49-47(57)46(56)45(55)43(38-51)60-49)44(54)41(52)36-34-32-30-12-10-8-6-4-2/h12,30,40-47,49,51-57H,3-11,13-29,31-39H2,1-2H3,(H,50,58)/b30-12+. The second kappa shape index (κ2) is 39.4. The molecule has 1 amide bonds. The summed E-state index contributed by atoms with van der Waals surface area (Å²) in [6, 6.07) is -1.18. The average molecular weight is 858 g/mol. The van der Waals surface area contributed by atoms with Crippen molar-refractivity contribution >= 4 is 5.91 Å². The molecule has 60 heavy (non-hydrogen) atoms. The molecule has 0 spiro atoms. The lowest BCUT2D eigenvalue weighted by atomic mass is 9.98. The Labute approximate surface area is 366 Å². The van der Waals surface area contributed by atoms with Crippen molar-refractivity contribution in [1.82, 2.24) is 5.32 Å². The molecule has 0 bridgehead atoms. The summed E-state index contributed by atoms with van der Waals surface area (Å²) in [7, 11) is 0. The van der Waals surface area contributed by atoms with Gasteiger partial charge in [-0.2, -0.15) is 0 Å². The molecule has 11 nitrogen and oxygen atoms in total. The zero-order chi connectivity index (χ0) is 44.1. The van der Waals surface area contributed by atoms with Crippen molar-refractivity contribution in [3.63, 3.8) is 0 Å². The van der Waals surface area contributed by atoms with E-state index in [-0.39, 0.29) is 12.8 Å². The Hall–Kier alpha value is -1.15. The number of hydrogen-bond donors (Lipinski definition) is 8. The van der Waals surface area contributed by atoms with Gasteiger partial charge in [-0.25, -0.2) is 0 Å². The molecule has 8 N–H and O–H groups in total. The lowest BCUT2D eigenvalue weighted by Gasteiger charge is -2.40. The van der Waals surface area contributed by atoms with Gasteiger partial charge in [-0.1, -0.05) is 199 Å². The summed E-state index contributed by atoms with van der Waals surface area (Å²) in [4.78, 5) is 13.1. The molecule has 9 atom stereocenters. The molecule has 0 saturated carbocycles. The maximum atomic E-state index is 13.1. The Balaban J connectivity index is 2.25. The van der Waals surface area contributed by atoms with Crippen molar-refractivity contribution in [2.45, 2.75) is 281 Å². The van der Waals surface area contributed by atoms with E-state index in [1.165, 1.54) is 141 Å². The predicted molar refractivity (Wildman–Crippen MR) is 243 cm³/mol. The molecule has 0 aromatic heterocycles. The molecule has 11 heteroatoms. The van der Waals surface area contributed by atoms with Gasteiger partial charge in [0.1, 0.15) is 36.6 Å². The van der Waals surface area contributed by atoms with Crippen molar-refractivity contribution in [2.24, 2.45) is 0 Å². The summed E-state index contributed by atoms with van der Waals surface area (Å²) in [5.74, 6) is -0.706. The van der Waals surface area contributed by atoms with Crippen LogP contribution < -0.4 is 5.32 Å². The fraction of sp³-hybridized carbons (Fsp3) is 0.939. The normalized spacial score (nSPS) is 21.6. The number of ether oxygens (including phenoxy) is 2. The number of rotatable bonds is 42. The van der Waals surface area contributed by atoms with Crippen molar-refractivity contribution in [3.05, 3.63) is 12.2 Å². The highest BCUT2D eigenvalue weighted by Crippen LogP contribution is 2.23. The van der Waals surface area contributed by atoms with Crippen molar-refractivity contribution in [3.8, 4) is 0 Å². The van der Waals surface area contributed by atoms with E-state index in [1.54, 1.807) is 0 Å². The van der Waals surface area contributed by atoms with E-state index >= 15 is 0 Å². The summed E-state index contributed by atoms with van der Waals surface area (Å²) in [5.41, 5.74) is 0. The quantitative estimate of drug-likeness (QED) is 0.0218. The maximum Gasteiger partial charge on any atom is 0.249 e. The smallest absolute Gasteiger partial charge is 0.249 e. The Morgan fingerprint density at radius 2 is 0.983 bits per heavy atom. The second-order valence-corrected chi connectivity index (χ2v) is 17.9. The van der Waals surface area contributed by atoms with E-state index < -0.39 is 74.2 Å². The Bertz CT molecular complexity index is 986. The number of nitrogens with one attached hydrogen (secondary N) is 1. The molecule has 9 unspecified atom stereocenters. The summed E-state index contributed by atoms with van der Waals surface area (Å²) in [5, 5.41) is 75.4. The van der Waals surface area contributed by atoms with Crippen LogP contribution in [-0.2, 0) is 14.3 Å². The van der Waals surface area contributed by atoms with Gasteiger partial charge in [-0.3, -0.25) is 4.79 Å². The van der Waals surface area contributed by atoms with Crippen molar-refractivity contribution < 1.29 is 50.0 Å². The van der Waals surface area contributed by atoms with Crippen molar-refractivity contribution in [1.29, 1.82) is 0 Å². The summed E-state index contributed by atoms with van der Waals surface area (Å²) in [6.07, 6.45) is 31.7. The molecule has 356 valence electrons. The largest absolute Gasteiger partial charge is 0.394 e. The number of hydrogen-bond acceptors (Lipinski definition) is 10. The number of amides is 1. The zero-order valence-electron chi connectivity index (χ0n) is 38.5. The second-order valence-electron chi connectivity index (χ2n) is 17.9. The molecule has 0 aromatic rings. The first-order valence-electron chi connectivity index (χ1n) is 25.1. The van der Waals surface area contributed by atoms with E-state index in [9.17, 15) is 40.5 Å². The predicted octanol–water partition coefficient (Wildman–Crippen LogP) is 8.84. The third kappa shape index (κ3) is 28.5. The summed E-state index contributed by atoms with van der Waals surface area (Å²) in [6.45, 7) is 3.37. The SMILES string of the molecule is CCCCC/C=C/CCCC(O)C(O)C(COC1OC(CO)C(O)C(O)C1O)NC(=O)C(O)CCCCCCCCCCCCCCCCCCCCCCCCCCC. The third-order valence-corrected chi connectivity index (χ3v) is 12.3. The van der Waals surface area contributed by atoms with Gasteiger partial charge in [0, 0.05) is 0 Å². The fourth-order valence-electron chi connectivity index (χ4n) is 8.15. The number of allylic oxidation sites excluding steroid dienone is 2. The summed E-state index contributed by atoms with van der Waals surface area (Å²) >= 11 is 0. The number of unbranched alkanes of at least 4 members (excludes halogenated alkanes) is 28. The van der Waals surface area contributed by atoms with Gasteiger partial charge in [0.2, 0.25) is 5.91 Å². The van der Waals surface area contributed by atoms with Gasteiger partial charge in [0.25, 0.3) is 0 Å². The number of carbonyl (C=O) groups is 1. The molecule has 0 aromatic carbocycles. The van der Waals surface area contributed by atoms with Crippen LogP contribution in [0.1, 0.15) is 226 Å². The number of aliphatic hydroxyl groups is 7. The molecule has 1 saturated heterocycles. The molecule has 0 radical (unpaired) electrons. The molecule has 1 heterocycles. The van der Waals surface area contributed by atoms with Gasteiger partial charge in [-0.05, 0) is 38.5 Å². The van der Waals surface area contributed by atoms with Crippen LogP contribution in [0.15, 0.2) is 12.2 Å². The third-order valence-electron chi connectivity index (χ3n) is 12.3. The zero-order valence-corrected chi connectivity index (χ0v) is 38.5. The first-order valence-corrected chi connectivity index (χ1v) is 25.1. The van der Waals surface area contributed by atoms with Crippen LogP contribution in [0.4, 0.5) is 0 Å². The summed E-state index contributed by atoms with van der Waals surface area (Å²) < 4.78 is 11.0. The molecular formula is C49H95NO10. The lowest BCUT2D eigenvalue weighted by Crippen LogP contribution is -2.60. The molecule has 1 aliphatic rings. The Morgan fingerprint density at radius 1 is 0.567 bits per heavy atom. The van der Waals surface area contributed by atoms with E-state index in [1.807, 2.05) is 0 Å². The van der Waals surface area contributed by atoms with Crippen LogP contribution in [0.2, 0.25) is 0 Å². The maximum absolute atomic E-state index is 13.1. The molecule has 1 aliphatic heterocycles. The van der Waals surface area contributed by atoms with Crippen LogP contribution in [0.3, 0.4) is 0 Å². The molecule has 1 rings (SSSR count). The molecular weight excluding hydrogens is 763 g/mol. The van der Waals surface area contributed by atoms with Crippen LogP contribution in [0.25, 0.3) is 0 Å². The topological polar surface area (TPSA) is 189 Å². The fourth-order valence-corrected chi connectivity index (χ4v) is 8.15. The monoisotopic (exact) mass is 858 g/mol. The van der Waals surface area contributed by atoms with Gasteiger partial charge >= 0.3 is 0 Å². The first kappa shape index (κ1) is 56.9. The van der Waals surface area contributed by atoms with E-state index in [4.69, 9.17) is 9.47 Å². The lowest BCUT2D eigenvalue weighted by molar-refractivity contribution is -0.303. The van der Waals surface area contributed by atoms with Gasteiger partial charge in [0.05, 0.1) is 25.4 Å². The average Bonchev–Trinajstić information content (AvgIpc) is 3.25. The van der Waals surface area contributed by atoms with Gasteiger partial charge in [0.15, 0.2) is 6.29 Å². The first-order chi connectivity index (χ1) is 29.2. The van der Waals surface area contributed by atoms with Gasteiger partial charge in [-0.15, -0.1) is 0 Å². The minimum atomic E-state index is -1.66. The van der Waals surface area contributed by atoms with E-state index in [0.717, 1.165) is 44.9 Å². The minimum Gasteiger partial charge on any atom is -0.394 e. The van der Waals surface area contributed by atoms with Crippen LogP contribution in [-0.4, -0.2) is 110 Å². The Kier molecular flexibility index (Phi) is 37.4. The number of carbonyl (C=O) groups excluding carboxylic acids is 1. The van der Waals surface area contributed by atoms with E-state index in [2.05, 4.69) is 31.3 Å². The highest BCUT2D eigenvalue weighted by atomic mass is 16.7. The highest BCUT2D eigenvalue weighted by Gasteiger charge is 2.44.